The second-order valence-electron chi connectivity index (χ2n) is 17.2. The fourth-order valence-electron chi connectivity index (χ4n) is 9.49. The quantitative estimate of drug-likeness (QED) is 0.0699. The van der Waals surface area contributed by atoms with E-state index in [1.165, 1.54) is 38.5 Å². The first kappa shape index (κ1) is 37.3. The molecule has 4 heterocycles. The van der Waals surface area contributed by atoms with Crippen molar-refractivity contribution in [1.29, 1.82) is 0 Å². The minimum atomic E-state index is -1.58. The van der Waals surface area contributed by atoms with Gasteiger partial charge in [0.05, 0.1) is 23.0 Å². The van der Waals surface area contributed by atoms with Gasteiger partial charge >= 0.3 is 5.30 Å². The summed E-state index contributed by atoms with van der Waals surface area (Å²) >= 11 is 1.61. The zero-order chi connectivity index (χ0) is 37.8. The van der Waals surface area contributed by atoms with Crippen molar-refractivity contribution in [2.45, 2.75) is 98.3 Å². The minimum absolute atomic E-state index is 0.271. The van der Waals surface area contributed by atoms with Gasteiger partial charge in [0.2, 0.25) is 0 Å². The third kappa shape index (κ3) is 7.38. The van der Waals surface area contributed by atoms with Gasteiger partial charge in [-0.25, -0.2) is 9.79 Å². The third-order valence-electron chi connectivity index (χ3n) is 11.8. The third-order valence-corrected chi connectivity index (χ3v) is 16.7. The molecule has 0 saturated heterocycles. The Balaban J connectivity index is 1.03. The van der Waals surface area contributed by atoms with Gasteiger partial charge in [-0.1, -0.05) is 54.0 Å². The highest BCUT2D eigenvalue weighted by molar-refractivity contribution is 8.47. The Morgan fingerprint density at radius 1 is 1.09 bits per heavy atom. The molecule has 4 fully saturated rings. The molecular weight excluding hydrogens is 733 g/mol. The van der Waals surface area contributed by atoms with Crippen LogP contribution in [0.5, 0.6) is 0 Å². The summed E-state index contributed by atoms with van der Waals surface area (Å²) in [5, 5.41) is 14.5. The van der Waals surface area contributed by atoms with Gasteiger partial charge in [-0.15, -0.1) is 10.2 Å². The van der Waals surface area contributed by atoms with E-state index in [2.05, 4.69) is 58.1 Å². The number of anilines is 1. The Hall–Kier alpha value is -3.59. The van der Waals surface area contributed by atoms with Crippen LogP contribution in [0.1, 0.15) is 62.3 Å². The molecular formula is C40H54N8O3S2Si. The molecule has 288 valence electrons. The highest BCUT2D eigenvalue weighted by atomic mass is 32.2. The molecule has 0 radical (unpaired) electrons. The van der Waals surface area contributed by atoms with E-state index in [1.807, 2.05) is 56.4 Å². The van der Waals surface area contributed by atoms with Gasteiger partial charge in [0.15, 0.2) is 21.6 Å². The summed E-state index contributed by atoms with van der Waals surface area (Å²) in [5.41, 5.74) is 4.37. The summed E-state index contributed by atoms with van der Waals surface area (Å²) in [6.45, 7) is 15.5. The van der Waals surface area contributed by atoms with Crippen molar-refractivity contribution in [2.75, 3.05) is 25.2 Å². The fourth-order valence-corrected chi connectivity index (χ4v) is 13.3. The molecule has 9 rings (SSSR count). The van der Waals surface area contributed by atoms with Crippen LogP contribution in [0.15, 0.2) is 52.7 Å². The van der Waals surface area contributed by atoms with Gasteiger partial charge in [-0.2, -0.15) is 10.1 Å². The van der Waals surface area contributed by atoms with Crippen molar-refractivity contribution < 1.29 is 14.3 Å². The number of hydrogen-bond donors (Lipinski definition) is 1. The number of carbonyl (C=O) groups is 1. The number of carbonyl (C=O) groups excluding carboxylic acids is 1. The van der Waals surface area contributed by atoms with Crippen molar-refractivity contribution in [3.8, 4) is 0 Å². The first-order valence-electron chi connectivity index (χ1n) is 19.5. The number of thiol groups is 1. The van der Waals surface area contributed by atoms with E-state index in [1.54, 1.807) is 11.3 Å². The normalized spacial score (nSPS) is 25.7. The van der Waals surface area contributed by atoms with Crippen molar-refractivity contribution in [2.24, 2.45) is 33.2 Å². The van der Waals surface area contributed by atoms with E-state index < -0.39 is 19.0 Å². The molecule has 0 N–H and O–H groups in total. The number of amidine groups is 1. The van der Waals surface area contributed by atoms with Crippen LogP contribution >= 0.6 is 22.2 Å². The average Bonchev–Trinajstić information content (AvgIpc) is 3.81. The van der Waals surface area contributed by atoms with E-state index >= 15 is 0 Å². The van der Waals surface area contributed by atoms with Gasteiger partial charge < -0.3 is 14.4 Å². The number of para-hydroxylation sites is 1. The monoisotopic (exact) mass is 786 g/mol. The maximum Gasteiger partial charge on any atom is 0.357 e. The summed E-state index contributed by atoms with van der Waals surface area (Å²) < 4.78 is 17.3. The minimum Gasteiger partial charge on any atom is -0.459 e. The van der Waals surface area contributed by atoms with Crippen LogP contribution in [0.3, 0.4) is 0 Å². The van der Waals surface area contributed by atoms with E-state index in [4.69, 9.17) is 24.6 Å². The smallest absolute Gasteiger partial charge is 0.357 e. The highest BCUT2D eigenvalue weighted by Gasteiger charge is 2.51. The molecule has 11 nitrogen and oxygen atoms in total. The molecule has 1 aromatic carbocycles. The number of hydrogen-bond acceptors (Lipinski definition) is 10. The lowest BCUT2D eigenvalue weighted by Gasteiger charge is -2.56. The first-order chi connectivity index (χ1) is 25.9. The summed E-state index contributed by atoms with van der Waals surface area (Å²) in [7, 11) is -0.897. The maximum absolute atomic E-state index is 13.7. The highest BCUT2D eigenvalue weighted by Crippen LogP contribution is 2.61. The van der Waals surface area contributed by atoms with Crippen LogP contribution in [0.4, 0.5) is 16.4 Å². The second kappa shape index (κ2) is 14.8. The molecule has 54 heavy (non-hydrogen) atoms. The SMILES string of the molecule is CCOC(=O)[SH]1C(c2cnn(CC34CC5CC(CC(C5)C3)C4)c2C)=CN=C1N(C)c1cc(C)c(/N=c2\sc3ccccc3n2COCC[Si](C)(C)C)nn1. The number of ether oxygens (including phenoxy) is 2. The van der Waals surface area contributed by atoms with E-state index in [0.717, 1.165) is 73.7 Å². The standard InChI is InChI=1S/C40H54N8O3S2Si/c1-8-51-39(49)53-34(31-22-42-48(27(31)3)24-40-19-28-16-29(20-40)18-30(17-28)21-40)23-41-38(53)46(4)35-15-26(2)36(45-44-35)43-37-47(25-50-13-14-54(5,6)7)32-11-9-10-12-33(32)52-37/h9-12,15,22-23,28-30,53H,8,13-14,16-21,24-25H2,1-7H3/b43-37-. The number of aromatic nitrogens is 5. The van der Waals surface area contributed by atoms with Gasteiger partial charge in [0.1, 0.15) is 6.73 Å². The molecule has 3 aromatic heterocycles. The molecule has 1 atom stereocenters. The molecule has 4 aliphatic carbocycles. The van der Waals surface area contributed by atoms with Gasteiger partial charge in [0.25, 0.3) is 0 Å². The number of aliphatic imine (C=N–C) groups is 1. The number of fused-ring (bicyclic) bond motifs is 1. The molecule has 14 heteroatoms. The van der Waals surface area contributed by atoms with Gasteiger partial charge in [0, 0.05) is 50.6 Å². The summed E-state index contributed by atoms with van der Waals surface area (Å²) in [5.74, 6) is 3.79. The van der Waals surface area contributed by atoms with E-state index in [-0.39, 0.29) is 5.30 Å². The Morgan fingerprint density at radius 2 is 1.81 bits per heavy atom. The predicted molar refractivity (Wildman–Crippen MR) is 223 cm³/mol. The van der Waals surface area contributed by atoms with Crippen molar-refractivity contribution in [3.63, 3.8) is 0 Å². The van der Waals surface area contributed by atoms with Gasteiger partial charge in [-0.05, 0) is 112 Å². The molecule has 0 spiro atoms. The Morgan fingerprint density at radius 3 is 2.50 bits per heavy atom. The Bertz CT molecular complexity index is 2160. The second-order valence-corrected chi connectivity index (χ2v) is 25.8. The fraction of sp³-hybridized carbons (Fsp3) is 0.550. The molecule has 4 bridgehead atoms. The van der Waals surface area contributed by atoms with Crippen molar-refractivity contribution in [3.05, 3.63) is 64.4 Å². The van der Waals surface area contributed by atoms with Gasteiger partial charge in [-0.3, -0.25) is 9.25 Å². The molecule has 1 unspecified atom stereocenters. The summed E-state index contributed by atoms with van der Waals surface area (Å²) in [4.78, 5) is 27.1. The van der Waals surface area contributed by atoms with Crippen LogP contribution in [0, 0.1) is 37.0 Å². The van der Waals surface area contributed by atoms with Crippen molar-refractivity contribution >= 4 is 67.5 Å². The number of aryl methyl sites for hydroxylation is 1. The maximum atomic E-state index is 13.7. The molecule has 1 aliphatic heterocycles. The number of nitrogens with zero attached hydrogens (tertiary/aromatic N) is 8. The average molecular weight is 787 g/mol. The van der Waals surface area contributed by atoms with Crippen LogP contribution in [0.2, 0.25) is 25.7 Å². The number of benzene rings is 1. The largest absolute Gasteiger partial charge is 0.459 e. The molecule has 5 aliphatic rings. The molecule has 0 amide bonds. The molecule has 4 saturated carbocycles. The summed E-state index contributed by atoms with van der Waals surface area (Å²) in [6.07, 6.45) is 12.0. The lowest BCUT2D eigenvalue weighted by Crippen LogP contribution is -2.48. The van der Waals surface area contributed by atoms with Crippen LogP contribution < -0.4 is 9.70 Å². The van der Waals surface area contributed by atoms with Crippen LogP contribution in [-0.2, 0) is 22.7 Å². The first-order valence-corrected chi connectivity index (χ1v) is 25.3. The van der Waals surface area contributed by atoms with Crippen LogP contribution in [-0.4, -0.2) is 63.3 Å². The van der Waals surface area contributed by atoms with Crippen molar-refractivity contribution in [1.82, 2.24) is 24.5 Å². The summed E-state index contributed by atoms with van der Waals surface area (Å²) in [6, 6.07) is 11.4. The lowest BCUT2D eigenvalue weighted by molar-refractivity contribution is -0.0638. The Labute approximate surface area is 325 Å². The zero-order valence-corrected chi connectivity index (χ0v) is 35.4. The predicted octanol–water partition coefficient (Wildman–Crippen LogP) is 9.03. The number of rotatable bonds is 11. The van der Waals surface area contributed by atoms with E-state index in [0.29, 0.717) is 35.6 Å². The lowest BCUT2D eigenvalue weighted by atomic mass is 9.49. The Kier molecular flexibility index (Phi) is 10.2. The van der Waals surface area contributed by atoms with Crippen LogP contribution in [0.25, 0.3) is 15.1 Å². The zero-order valence-electron chi connectivity index (χ0n) is 32.7. The van der Waals surface area contributed by atoms with E-state index in [9.17, 15) is 4.79 Å². The number of thiazole rings is 1. The topological polar surface area (TPSA) is 112 Å². The molecule has 4 aromatic rings.